The van der Waals surface area contributed by atoms with Gasteiger partial charge in [-0.1, -0.05) is 31.9 Å². The molecule has 0 saturated carbocycles. The molecule has 0 unspecified atom stereocenters. The second-order valence-corrected chi connectivity index (χ2v) is 8.02. The molecule has 1 aliphatic heterocycles. The van der Waals surface area contributed by atoms with Crippen LogP contribution in [0.5, 0.6) is 5.75 Å². The average molecular weight is 346 g/mol. The number of ketones is 1. The summed E-state index contributed by atoms with van der Waals surface area (Å²) in [5, 5.41) is 0. The van der Waals surface area contributed by atoms with E-state index in [1.807, 2.05) is 12.1 Å². The summed E-state index contributed by atoms with van der Waals surface area (Å²) in [6.45, 7) is 0.736. The van der Waals surface area contributed by atoms with Crippen molar-refractivity contribution in [2.24, 2.45) is 0 Å². The van der Waals surface area contributed by atoms with Crippen molar-refractivity contribution >= 4 is 37.6 Å². The number of hydrogen-bond acceptors (Lipinski definition) is 2. The third kappa shape index (κ3) is 1.54. The summed E-state index contributed by atoms with van der Waals surface area (Å²) in [5.74, 6) is 1.09. The zero-order valence-corrected chi connectivity index (χ0v) is 11.7. The predicted molar refractivity (Wildman–Crippen MR) is 68.9 cm³/mol. The van der Waals surface area contributed by atoms with Gasteiger partial charge < -0.3 is 4.74 Å². The predicted octanol–water partition coefficient (Wildman–Crippen LogP) is 3.24. The van der Waals surface area contributed by atoms with Crippen LogP contribution in [0.25, 0.3) is 0 Å². The van der Waals surface area contributed by atoms with E-state index in [1.54, 1.807) is 0 Å². The van der Waals surface area contributed by atoms with E-state index >= 15 is 0 Å². The number of Topliss-reactive ketones (excluding diaryl/α,β-unsaturated/α-hetero) is 1. The van der Waals surface area contributed by atoms with Gasteiger partial charge in [0, 0.05) is 12.0 Å². The van der Waals surface area contributed by atoms with Crippen LogP contribution in [0.1, 0.15) is 27.9 Å². The molecule has 2 nitrogen and oxygen atoms in total. The fourth-order valence-corrected chi connectivity index (χ4v) is 3.11. The maximum atomic E-state index is 12.2. The van der Waals surface area contributed by atoms with Crippen molar-refractivity contribution in [1.29, 1.82) is 0 Å². The number of halogens is 2. The van der Waals surface area contributed by atoms with Gasteiger partial charge in [-0.05, 0) is 36.1 Å². The number of alkyl halides is 2. The van der Waals surface area contributed by atoms with Crippen LogP contribution in [-0.2, 0) is 12.8 Å². The van der Waals surface area contributed by atoms with E-state index < -0.39 is 3.23 Å². The van der Waals surface area contributed by atoms with E-state index in [4.69, 9.17) is 4.74 Å². The smallest absolute Gasteiger partial charge is 0.190 e. The lowest BCUT2D eigenvalue weighted by Crippen LogP contribution is -2.31. The minimum atomic E-state index is -0.569. The van der Waals surface area contributed by atoms with Crippen molar-refractivity contribution in [2.45, 2.75) is 22.5 Å². The van der Waals surface area contributed by atoms with Crippen LogP contribution in [0.15, 0.2) is 12.1 Å². The van der Waals surface area contributed by atoms with Crippen molar-refractivity contribution in [3.05, 3.63) is 28.8 Å². The molecule has 0 saturated heterocycles. The lowest BCUT2D eigenvalue weighted by Gasteiger charge is -2.26. The summed E-state index contributed by atoms with van der Waals surface area (Å²) in [4.78, 5) is 12.2. The van der Waals surface area contributed by atoms with Crippen molar-refractivity contribution < 1.29 is 9.53 Å². The summed E-state index contributed by atoms with van der Waals surface area (Å²) in [6, 6.07) is 4.03. The number of hydrogen-bond donors (Lipinski definition) is 0. The molecule has 0 atom stereocenters. The van der Waals surface area contributed by atoms with Gasteiger partial charge in [0.2, 0.25) is 0 Å². The topological polar surface area (TPSA) is 26.3 Å². The first-order valence-corrected chi connectivity index (χ1v) is 6.88. The molecule has 3 rings (SSSR count). The molecule has 1 aromatic carbocycles. The van der Waals surface area contributed by atoms with Crippen LogP contribution in [-0.4, -0.2) is 15.6 Å². The SMILES string of the molecule is O=C1c2cc3c(cc2CCC1(Br)Br)OCC3. The van der Waals surface area contributed by atoms with E-state index in [0.29, 0.717) is 0 Å². The first kappa shape index (κ1) is 10.8. The number of aryl methyl sites for hydroxylation is 1. The van der Waals surface area contributed by atoms with E-state index in [0.717, 1.165) is 48.3 Å². The quantitative estimate of drug-likeness (QED) is 0.675. The standard InChI is InChI=1S/C12H10Br2O2/c13-12(14)3-1-7-6-10-8(2-4-16-10)5-9(7)11(12)15/h5-6H,1-4H2. The average Bonchev–Trinajstić information content (AvgIpc) is 2.69. The van der Waals surface area contributed by atoms with Crippen molar-refractivity contribution in [3.8, 4) is 5.75 Å². The summed E-state index contributed by atoms with van der Waals surface area (Å²) in [5.41, 5.74) is 3.11. The van der Waals surface area contributed by atoms with E-state index in [9.17, 15) is 4.79 Å². The molecular formula is C12H10Br2O2. The van der Waals surface area contributed by atoms with Gasteiger partial charge >= 0.3 is 0 Å². The van der Waals surface area contributed by atoms with Crippen LogP contribution in [0, 0.1) is 0 Å². The van der Waals surface area contributed by atoms with Gasteiger partial charge in [-0.15, -0.1) is 0 Å². The fourth-order valence-electron chi connectivity index (χ4n) is 2.29. The molecule has 0 bridgehead atoms. The third-order valence-electron chi connectivity index (χ3n) is 3.20. The fraction of sp³-hybridized carbons (Fsp3) is 0.417. The van der Waals surface area contributed by atoms with Gasteiger partial charge in [0.05, 0.1) is 6.61 Å². The molecule has 0 radical (unpaired) electrons. The van der Waals surface area contributed by atoms with Gasteiger partial charge in [0.15, 0.2) is 5.78 Å². The zero-order chi connectivity index (χ0) is 11.3. The Labute approximate surface area is 111 Å². The van der Waals surface area contributed by atoms with Crippen LogP contribution < -0.4 is 4.74 Å². The summed E-state index contributed by atoms with van der Waals surface area (Å²) >= 11 is 6.89. The number of ether oxygens (including phenoxy) is 1. The minimum absolute atomic E-state index is 0.128. The Hall–Kier alpha value is -0.350. The highest BCUT2D eigenvalue weighted by Gasteiger charge is 2.38. The molecular weight excluding hydrogens is 336 g/mol. The third-order valence-corrected chi connectivity index (χ3v) is 4.71. The highest BCUT2D eigenvalue weighted by atomic mass is 79.9. The largest absolute Gasteiger partial charge is 0.493 e. The molecule has 1 heterocycles. The van der Waals surface area contributed by atoms with Crippen LogP contribution in [0.3, 0.4) is 0 Å². The molecule has 4 heteroatoms. The number of carbonyl (C=O) groups is 1. The van der Waals surface area contributed by atoms with Crippen LogP contribution in [0.4, 0.5) is 0 Å². The van der Waals surface area contributed by atoms with Crippen molar-refractivity contribution in [2.75, 3.05) is 6.61 Å². The summed E-state index contributed by atoms with van der Waals surface area (Å²) in [6.07, 6.45) is 2.58. The maximum Gasteiger partial charge on any atom is 0.190 e. The molecule has 16 heavy (non-hydrogen) atoms. The molecule has 84 valence electrons. The van der Waals surface area contributed by atoms with E-state index in [-0.39, 0.29) is 5.78 Å². The Kier molecular flexibility index (Phi) is 2.41. The lowest BCUT2D eigenvalue weighted by molar-refractivity contribution is 0.0972. The van der Waals surface area contributed by atoms with Crippen LogP contribution in [0.2, 0.25) is 0 Å². The molecule has 1 aromatic rings. The van der Waals surface area contributed by atoms with Gasteiger partial charge in [-0.25, -0.2) is 0 Å². The first-order valence-electron chi connectivity index (χ1n) is 5.29. The Bertz CT molecular complexity index is 480. The Morgan fingerprint density at radius 3 is 2.81 bits per heavy atom. The van der Waals surface area contributed by atoms with Gasteiger partial charge in [-0.3, -0.25) is 4.79 Å². The molecule has 1 aliphatic carbocycles. The lowest BCUT2D eigenvalue weighted by atomic mass is 9.88. The molecule has 0 N–H and O–H groups in total. The highest BCUT2D eigenvalue weighted by molar-refractivity contribution is 9.26. The number of carbonyl (C=O) groups excluding carboxylic acids is 1. The monoisotopic (exact) mass is 344 g/mol. The first-order chi connectivity index (χ1) is 7.58. The highest BCUT2D eigenvalue weighted by Crippen LogP contribution is 2.42. The second-order valence-electron chi connectivity index (χ2n) is 4.25. The van der Waals surface area contributed by atoms with E-state index in [2.05, 4.69) is 31.9 Å². The van der Waals surface area contributed by atoms with Crippen molar-refractivity contribution in [1.82, 2.24) is 0 Å². The molecule has 0 fully saturated rings. The Morgan fingerprint density at radius 2 is 2.00 bits per heavy atom. The molecule has 0 spiro atoms. The van der Waals surface area contributed by atoms with Gasteiger partial charge in [0.25, 0.3) is 0 Å². The van der Waals surface area contributed by atoms with Crippen LogP contribution >= 0.6 is 31.9 Å². The molecule has 2 aliphatic rings. The summed E-state index contributed by atoms with van der Waals surface area (Å²) in [7, 11) is 0. The zero-order valence-electron chi connectivity index (χ0n) is 8.56. The van der Waals surface area contributed by atoms with E-state index in [1.165, 1.54) is 0 Å². The summed E-state index contributed by atoms with van der Waals surface area (Å²) < 4.78 is 4.95. The second kappa shape index (κ2) is 3.57. The number of fused-ring (bicyclic) bond motifs is 2. The van der Waals surface area contributed by atoms with Gasteiger partial charge in [-0.2, -0.15) is 0 Å². The van der Waals surface area contributed by atoms with Crippen molar-refractivity contribution in [3.63, 3.8) is 0 Å². The number of rotatable bonds is 0. The Balaban J connectivity index is 2.14. The molecule has 0 amide bonds. The number of benzene rings is 1. The minimum Gasteiger partial charge on any atom is -0.493 e. The normalized spacial score (nSPS) is 21.2. The van der Waals surface area contributed by atoms with Gasteiger partial charge in [0.1, 0.15) is 8.98 Å². The maximum absolute atomic E-state index is 12.2. The molecule has 0 aromatic heterocycles. The Morgan fingerprint density at radius 1 is 1.19 bits per heavy atom.